The minimum absolute atomic E-state index is 0.0232. The number of likely N-dealkylation sites (N-methyl/N-ethyl adjacent to an activating group) is 1. The molecule has 8 heteroatoms. The maximum atomic E-state index is 13.1. The van der Waals surface area contributed by atoms with Gasteiger partial charge in [-0.1, -0.05) is 12.1 Å². The number of ether oxygens (including phenoxy) is 2. The molecule has 2 heterocycles. The van der Waals surface area contributed by atoms with Crippen molar-refractivity contribution < 1.29 is 19.2 Å². The quantitative estimate of drug-likeness (QED) is 0.534. The summed E-state index contributed by atoms with van der Waals surface area (Å²) in [5, 5.41) is 11.6. The van der Waals surface area contributed by atoms with Crippen LogP contribution in [0.25, 0.3) is 0 Å². The van der Waals surface area contributed by atoms with Crippen LogP contribution < -0.4 is 14.4 Å². The van der Waals surface area contributed by atoms with Crippen molar-refractivity contribution in [2.75, 3.05) is 37.7 Å². The lowest BCUT2D eigenvalue weighted by Gasteiger charge is -2.31. The monoisotopic (exact) mass is 411 g/mol. The summed E-state index contributed by atoms with van der Waals surface area (Å²) in [4.78, 5) is 28.0. The van der Waals surface area contributed by atoms with E-state index in [0.29, 0.717) is 42.4 Å². The molecule has 1 amide bonds. The Bertz CT molecular complexity index is 942. The van der Waals surface area contributed by atoms with Crippen LogP contribution in [-0.4, -0.2) is 54.6 Å². The number of nitro benzene ring substituents is 1. The van der Waals surface area contributed by atoms with Crippen molar-refractivity contribution in [3.63, 3.8) is 0 Å². The second kappa shape index (κ2) is 8.61. The fourth-order valence-electron chi connectivity index (χ4n) is 3.97. The van der Waals surface area contributed by atoms with Crippen molar-refractivity contribution in [2.45, 2.75) is 25.9 Å². The number of anilines is 1. The molecule has 8 nitrogen and oxygen atoms in total. The zero-order valence-corrected chi connectivity index (χ0v) is 17.0. The van der Waals surface area contributed by atoms with E-state index in [1.165, 1.54) is 6.07 Å². The van der Waals surface area contributed by atoms with Gasteiger partial charge in [0.25, 0.3) is 11.6 Å². The largest absolute Gasteiger partial charge is 0.486 e. The van der Waals surface area contributed by atoms with E-state index in [1.54, 1.807) is 17.0 Å². The van der Waals surface area contributed by atoms with Crippen molar-refractivity contribution in [3.05, 3.63) is 58.1 Å². The molecular formula is C22H25N3O5. The normalized spacial score (nSPS) is 17.6. The molecule has 0 aliphatic carbocycles. The molecule has 0 bridgehead atoms. The molecular weight excluding hydrogens is 386 g/mol. The Morgan fingerprint density at radius 1 is 1.20 bits per heavy atom. The van der Waals surface area contributed by atoms with Gasteiger partial charge in [-0.15, -0.1) is 0 Å². The molecule has 2 aliphatic rings. The average molecular weight is 411 g/mol. The number of carbonyl (C=O) groups is 1. The van der Waals surface area contributed by atoms with Gasteiger partial charge in [0.1, 0.15) is 12.3 Å². The van der Waals surface area contributed by atoms with Gasteiger partial charge in [-0.25, -0.2) is 0 Å². The maximum Gasteiger partial charge on any atom is 0.293 e. The van der Waals surface area contributed by atoms with Gasteiger partial charge in [0.15, 0.2) is 17.6 Å². The summed E-state index contributed by atoms with van der Waals surface area (Å²) in [6.45, 7) is 4.62. The van der Waals surface area contributed by atoms with Crippen molar-refractivity contribution in [2.24, 2.45) is 0 Å². The summed E-state index contributed by atoms with van der Waals surface area (Å²) in [5.74, 6) is 1.09. The predicted octanol–water partition coefficient (Wildman–Crippen LogP) is 3.50. The summed E-state index contributed by atoms with van der Waals surface area (Å²) in [6.07, 6.45) is 1.74. The summed E-state index contributed by atoms with van der Waals surface area (Å²) in [6, 6.07) is 12.2. The fraction of sp³-hybridized carbons (Fsp3) is 0.409. The number of amides is 1. The van der Waals surface area contributed by atoms with Gasteiger partial charge in [0.05, 0.1) is 11.5 Å². The lowest BCUT2D eigenvalue weighted by Crippen LogP contribution is -2.43. The van der Waals surface area contributed by atoms with E-state index in [4.69, 9.17) is 9.47 Å². The van der Waals surface area contributed by atoms with Crippen molar-refractivity contribution in [1.82, 2.24) is 4.90 Å². The summed E-state index contributed by atoms with van der Waals surface area (Å²) in [5.41, 5.74) is 0.867. The second-order valence-electron chi connectivity index (χ2n) is 7.50. The van der Waals surface area contributed by atoms with E-state index in [0.717, 1.165) is 25.9 Å². The highest BCUT2D eigenvalue weighted by Crippen LogP contribution is 2.33. The van der Waals surface area contributed by atoms with Gasteiger partial charge in [-0.2, -0.15) is 0 Å². The number of rotatable bonds is 6. The fourth-order valence-corrected chi connectivity index (χ4v) is 3.97. The third kappa shape index (κ3) is 4.03. The van der Waals surface area contributed by atoms with E-state index in [1.807, 2.05) is 36.1 Å². The molecule has 0 radical (unpaired) electrons. The number of hydrogen-bond donors (Lipinski definition) is 0. The minimum Gasteiger partial charge on any atom is -0.486 e. The predicted molar refractivity (Wildman–Crippen MR) is 112 cm³/mol. The molecule has 2 aromatic rings. The Morgan fingerprint density at radius 3 is 2.63 bits per heavy atom. The van der Waals surface area contributed by atoms with Gasteiger partial charge in [-0.3, -0.25) is 14.9 Å². The van der Waals surface area contributed by atoms with Crippen LogP contribution >= 0.6 is 0 Å². The first kappa shape index (κ1) is 20.0. The number of fused-ring (bicyclic) bond motifs is 1. The Hall–Kier alpha value is -3.29. The summed E-state index contributed by atoms with van der Waals surface area (Å²) < 4.78 is 11.7. The van der Waals surface area contributed by atoms with Crippen molar-refractivity contribution in [3.8, 4) is 11.5 Å². The number of hydrogen-bond acceptors (Lipinski definition) is 6. The second-order valence-corrected chi connectivity index (χ2v) is 7.50. The zero-order valence-electron chi connectivity index (χ0n) is 17.0. The Morgan fingerprint density at radius 2 is 1.93 bits per heavy atom. The highest BCUT2D eigenvalue weighted by molar-refractivity contribution is 5.95. The van der Waals surface area contributed by atoms with Gasteiger partial charge < -0.3 is 19.3 Å². The molecule has 1 saturated heterocycles. The Balaban J connectivity index is 1.51. The zero-order chi connectivity index (χ0) is 21.1. The Labute approximate surface area is 175 Å². The number of benzene rings is 2. The lowest BCUT2D eigenvalue weighted by atomic mass is 10.1. The molecule has 1 unspecified atom stereocenters. The van der Waals surface area contributed by atoms with E-state index >= 15 is 0 Å². The minimum atomic E-state index is -0.407. The number of para-hydroxylation sites is 2. The average Bonchev–Trinajstić information content (AvgIpc) is 3.31. The van der Waals surface area contributed by atoms with Gasteiger partial charge in [0.2, 0.25) is 0 Å². The highest BCUT2D eigenvalue weighted by Gasteiger charge is 2.28. The van der Waals surface area contributed by atoms with Crippen LogP contribution in [0.4, 0.5) is 11.4 Å². The lowest BCUT2D eigenvalue weighted by molar-refractivity contribution is -0.384. The first-order valence-electron chi connectivity index (χ1n) is 10.3. The van der Waals surface area contributed by atoms with Crippen LogP contribution in [0, 0.1) is 10.1 Å². The van der Waals surface area contributed by atoms with Gasteiger partial charge >= 0.3 is 0 Å². The Kier molecular flexibility index (Phi) is 5.74. The maximum absolute atomic E-state index is 13.1. The van der Waals surface area contributed by atoms with Crippen LogP contribution in [0.3, 0.4) is 0 Å². The smallest absolute Gasteiger partial charge is 0.293 e. The molecule has 4 rings (SSSR count). The van der Waals surface area contributed by atoms with Crippen LogP contribution in [0.2, 0.25) is 0 Å². The molecule has 0 saturated carbocycles. The number of carbonyl (C=O) groups excluding carboxylic acids is 1. The summed E-state index contributed by atoms with van der Waals surface area (Å²) in [7, 11) is 0. The standard InChI is InChI=1S/C22H25N3O5/c1-2-23(14-17-15-29-20-7-3-4-8-21(20)30-17)22(26)16-9-10-18(19(13-16)25(27)28)24-11-5-6-12-24/h3-4,7-10,13,17H,2,5-6,11-12,14-15H2,1H3. The molecule has 2 aromatic carbocycles. The van der Waals surface area contributed by atoms with Crippen molar-refractivity contribution in [1.29, 1.82) is 0 Å². The molecule has 1 fully saturated rings. The molecule has 0 aromatic heterocycles. The first-order chi connectivity index (χ1) is 14.6. The van der Waals surface area contributed by atoms with E-state index in [9.17, 15) is 14.9 Å². The van der Waals surface area contributed by atoms with Crippen LogP contribution in [-0.2, 0) is 0 Å². The molecule has 0 spiro atoms. The van der Waals surface area contributed by atoms with Gasteiger partial charge in [-0.05, 0) is 44.0 Å². The summed E-state index contributed by atoms with van der Waals surface area (Å²) >= 11 is 0. The van der Waals surface area contributed by atoms with Crippen LogP contribution in [0.5, 0.6) is 11.5 Å². The third-order valence-corrected chi connectivity index (χ3v) is 5.53. The molecule has 1 atom stereocenters. The molecule has 2 aliphatic heterocycles. The number of nitrogens with zero attached hydrogens (tertiary/aromatic N) is 3. The number of nitro groups is 1. The topological polar surface area (TPSA) is 85.2 Å². The van der Waals surface area contributed by atoms with Crippen LogP contribution in [0.15, 0.2) is 42.5 Å². The van der Waals surface area contributed by atoms with Crippen molar-refractivity contribution >= 4 is 17.3 Å². The first-order valence-corrected chi connectivity index (χ1v) is 10.3. The van der Waals surface area contributed by atoms with Gasteiger partial charge in [0, 0.05) is 31.3 Å². The van der Waals surface area contributed by atoms with E-state index in [2.05, 4.69) is 0 Å². The third-order valence-electron chi connectivity index (χ3n) is 5.53. The van der Waals surface area contributed by atoms with E-state index < -0.39 is 4.92 Å². The highest BCUT2D eigenvalue weighted by atomic mass is 16.6. The molecule has 30 heavy (non-hydrogen) atoms. The van der Waals surface area contributed by atoms with E-state index in [-0.39, 0.29) is 17.7 Å². The van der Waals surface area contributed by atoms with Crippen LogP contribution in [0.1, 0.15) is 30.1 Å². The SMILES string of the molecule is CCN(CC1COc2ccccc2O1)C(=O)c1ccc(N2CCCC2)c([N+](=O)[O-])c1. The molecule has 0 N–H and O–H groups in total. The molecule has 158 valence electrons.